The van der Waals surface area contributed by atoms with Gasteiger partial charge in [0, 0.05) is 18.2 Å². The van der Waals surface area contributed by atoms with Gasteiger partial charge < -0.3 is 15.5 Å². The second kappa shape index (κ2) is 6.64. The molecule has 0 aromatic heterocycles. The molecule has 3 heteroatoms. The van der Waals surface area contributed by atoms with Crippen molar-refractivity contribution < 1.29 is 10.2 Å². The van der Waals surface area contributed by atoms with E-state index in [0.717, 1.165) is 12.0 Å². The fourth-order valence-electron chi connectivity index (χ4n) is 2.48. The molecule has 0 aliphatic carbocycles. The van der Waals surface area contributed by atoms with Crippen molar-refractivity contribution in [1.82, 2.24) is 5.32 Å². The van der Waals surface area contributed by atoms with Gasteiger partial charge in [0.05, 0.1) is 0 Å². The third-order valence-electron chi connectivity index (χ3n) is 3.81. The summed E-state index contributed by atoms with van der Waals surface area (Å²) >= 11 is 0. The Labute approximate surface area is 126 Å². The van der Waals surface area contributed by atoms with Crippen LogP contribution >= 0.6 is 0 Å². The lowest BCUT2D eigenvalue weighted by Gasteiger charge is -2.21. The Bertz CT molecular complexity index is 572. The van der Waals surface area contributed by atoms with Crippen molar-refractivity contribution in [3.63, 3.8) is 0 Å². The van der Waals surface area contributed by atoms with E-state index in [2.05, 4.69) is 43.4 Å². The average molecular weight is 285 g/mol. The van der Waals surface area contributed by atoms with E-state index in [1.165, 1.54) is 17.2 Å². The summed E-state index contributed by atoms with van der Waals surface area (Å²) in [5, 5.41) is 22.6. The van der Waals surface area contributed by atoms with Crippen LogP contribution < -0.4 is 5.32 Å². The fraction of sp³-hybridized carbons (Fsp3) is 0.333. The van der Waals surface area contributed by atoms with Crippen molar-refractivity contribution in [2.45, 2.75) is 39.3 Å². The Hall–Kier alpha value is -2.00. The smallest absolute Gasteiger partial charge is 0.119 e. The van der Waals surface area contributed by atoms with Crippen LogP contribution in [0, 0.1) is 0 Å². The van der Waals surface area contributed by atoms with Gasteiger partial charge in [0.1, 0.15) is 11.5 Å². The maximum absolute atomic E-state index is 9.56. The van der Waals surface area contributed by atoms with E-state index in [1.54, 1.807) is 12.1 Å². The first-order chi connectivity index (χ1) is 9.99. The molecule has 112 valence electrons. The molecule has 2 rings (SSSR count). The van der Waals surface area contributed by atoms with Crippen LogP contribution in [0.4, 0.5) is 0 Å². The van der Waals surface area contributed by atoms with Crippen LogP contribution in [0.2, 0.25) is 0 Å². The molecular formula is C18H23NO2. The van der Waals surface area contributed by atoms with E-state index in [1.807, 2.05) is 6.92 Å². The number of hydrogen-bond acceptors (Lipinski definition) is 3. The molecule has 0 fully saturated rings. The molecule has 2 unspecified atom stereocenters. The van der Waals surface area contributed by atoms with Crippen LogP contribution in [0.25, 0.3) is 0 Å². The molecular weight excluding hydrogens is 262 g/mol. The van der Waals surface area contributed by atoms with Crippen molar-refractivity contribution in [3.8, 4) is 11.5 Å². The van der Waals surface area contributed by atoms with Crippen LogP contribution in [0.5, 0.6) is 11.5 Å². The highest BCUT2D eigenvalue weighted by molar-refractivity contribution is 5.38. The Morgan fingerprint density at radius 3 is 1.90 bits per heavy atom. The van der Waals surface area contributed by atoms with E-state index in [9.17, 15) is 10.2 Å². The fourth-order valence-corrected chi connectivity index (χ4v) is 2.48. The number of hydrogen-bond donors (Lipinski definition) is 3. The van der Waals surface area contributed by atoms with Crippen LogP contribution in [-0.2, 0) is 6.42 Å². The molecule has 0 aliphatic rings. The molecule has 3 nitrogen and oxygen atoms in total. The van der Waals surface area contributed by atoms with Gasteiger partial charge >= 0.3 is 0 Å². The van der Waals surface area contributed by atoms with E-state index >= 15 is 0 Å². The Morgan fingerprint density at radius 1 is 0.857 bits per heavy atom. The van der Waals surface area contributed by atoms with Gasteiger partial charge in [-0.15, -0.1) is 0 Å². The molecule has 0 saturated carbocycles. The maximum atomic E-state index is 9.56. The van der Waals surface area contributed by atoms with Crippen molar-refractivity contribution in [2.75, 3.05) is 0 Å². The minimum Gasteiger partial charge on any atom is -0.508 e. The lowest BCUT2D eigenvalue weighted by molar-refractivity contribution is 0.442. The summed E-state index contributed by atoms with van der Waals surface area (Å²) in [4.78, 5) is 0. The number of nitrogens with one attached hydrogen (secondary N) is 1. The molecule has 21 heavy (non-hydrogen) atoms. The minimum absolute atomic E-state index is 0.0313. The van der Waals surface area contributed by atoms with Crippen LogP contribution in [0.3, 0.4) is 0 Å². The quantitative estimate of drug-likeness (QED) is 0.776. The van der Waals surface area contributed by atoms with Crippen LogP contribution in [0.15, 0.2) is 42.5 Å². The number of phenolic OH excluding ortho intramolecular Hbond substituents is 2. The predicted octanol–water partition coefficient (Wildman–Crippen LogP) is 4.07. The third-order valence-corrected chi connectivity index (χ3v) is 3.81. The van der Waals surface area contributed by atoms with Gasteiger partial charge in [-0.05, 0) is 49.1 Å². The van der Waals surface area contributed by atoms with Crippen molar-refractivity contribution in [3.05, 3.63) is 59.2 Å². The zero-order chi connectivity index (χ0) is 15.4. The first kappa shape index (κ1) is 15.4. The largest absolute Gasteiger partial charge is 0.508 e. The molecule has 2 atom stereocenters. The predicted molar refractivity (Wildman–Crippen MR) is 85.6 cm³/mol. The first-order valence-corrected chi connectivity index (χ1v) is 7.37. The highest BCUT2D eigenvalue weighted by Crippen LogP contribution is 2.26. The Morgan fingerprint density at radius 2 is 1.38 bits per heavy atom. The number of phenols is 2. The lowest BCUT2D eigenvalue weighted by atomic mass is 10.0. The second-order valence-corrected chi connectivity index (χ2v) is 5.49. The highest BCUT2D eigenvalue weighted by Gasteiger charge is 2.12. The molecule has 0 bridgehead atoms. The van der Waals surface area contributed by atoms with E-state index in [0.29, 0.717) is 0 Å². The van der Waals surface area contributed by atoms with Gasteiger partial charge in [-0.3, -0.25) is 0 Å². The number of aromatic hydroxyl groups is 2. The van der Waals surface area contributed by atoms with E-state index in [4.69, 9.17) is 0 Å². The summed E-state index contributed by atoms with van der Waals surface area (Å²) < 4.78 is 0. The van der Waals surface area contributed by atoms with Gasteiger partial charge in [0.2, 0.25) is 0 Å². The molecule has 0 amide bonds. The topological polar surface area (TPSA) is 52.5 Å². The van der Waals surface area contributed by atoms with Gasteiger partial charge in [-0.2, -0.15) is 0 Å². The summed E-state index contributed by atoms with van der Waals surface area (Å²) in [7, 11) is 0. The molecule has 3 N–H and O–H groups in total. The minimum atomic E-state index is 0.0313. The molecule has 0 heterocycles. The van der Waals surface area contributed by atoms with Crippen LogP contribution in [0.1, 0.15) is 49.5 Å². The molecule has 2 aromatic carbocycles. The zero-order valence-electron chi connectivity index (χ0n) is 12.8. The zero-order valence-corrected chi connectivity index (χ0v) is 12.8. The summed E-state index contributed by atoms with van der Waals surface area (Å²) in [6.07, 6.45) is 1.04. The standard InChI is InChI=1S/C18H23NO2/c1-4-14-5-7-15(8-6-14)12(2)19-13(3)16-9-17(20)11-18(21)10-16/h5-13,19-21H,4H2,1-3H3. The van der Waals surface area contributed by atoms with Gasteiger partial charge in [-0.1, -0.05) is 31.2 Å². The van der Waals surface area contributed by atoms with Gasteiger partial charge in [0.15, 0.2) is 0 Å². The summed E-state index contributed by atoms with van der Waals surface area (Å²) in [6.45, 7) is 6.28. The lowest BCUT2D eigenvalue weighted by Crippen LogP contribution is -2.22. The second-order valence-electron chi connectivity index (χ2n) is 5.49. The van der Waals surface area contributed by atoms with Gasteiger partial charge in [-0.25, -0.2) is 0 Å². The summed E-state index contributed by atoms with van der Waals surface area (Å²) in [6, 6.07) is 13.5. The monoisotopic (exact) mass is 285 g/mol. The van der Waals surface area contributed by atoms with E-state index < -0.39 is 0 Å². The van der Waals surface area contributed by atoms with Crippen molar-refractivity contribution in [1.29, 1.82) is 0 Å². The van der Waals surface area contributed by atoms with Crippen LogP contribution in [-0.4, -0.2) is 10.2 Å². The first-order valence-electron chi connectivity index (χ1n) is 7.37. The molecule has 0 spiro atoms. The summed E-state index contributed by atoms with van der Waals surface area (Å²) in [5.41, 5.74) is 3.42. The number of rotatable bonds is 5. The Kier molecular flexibility index (Phi) is 4.86. The third kappa shape index (κ3) is 3.99. The van der Waals surface area contributed by atoms with Crippen molar-refractivity contribution in [2.24, 2.45) is 0 Å². The van der Waals surface area contributed by atoms with Crippen molar-refractivity contribution >= 4 is 0 Å². The molecule has 0 aliphatic heterocycles. The molecule has 2 aromatic rings. The van der Waals surface area contributed by atoms with Gasteiger partial charge in [0.25, 0.3) is 0 Å². The SMILES string of the molecule is CCc1ccc(C(C)NC(C)c2cc(O)cc(O)c2)cc1. The highest BCUT2D eigenvalue weighted by atomic mass is 16.3. The van der Waals surface area contributed by atoms with E-state index in [-0.39, 0.29) is 23.6 Å². The number of benzene rings is 2. The molecule has 0 saturated heterocycles. The normalized spacial score (nSPS) is 13.9. The average Bonchev–Trinajstić information content (AvgIpc) is 2.46. The summed E-state index contributed by atoms with van der Waals surface area (Å²) in [5.74, 6) is 0.164. The Balaban J connectivity index is 2.08. The number of aryl methyl sites for hydroxylation is 1. The maximum Gasteiger partial charge on any atom is 0.119 e. The molecule has 0 radical (unpaired) electrons.